The van der Waals surface area contributed by atoms with Crippen LogP contribution in [0.2, 0.25) is 0 Å². The second-order valence-electron chi connectivity index (χ2n) is 2.88. The molecule has 4 nitrogen and oxygen atoms in total. The van der Waals surface area contributed by atoms with Crippen LogP contribution in [0.1, 0.15) is 34.8 Å². The normalized spacial score (nSPS) is 10.1. The summed E-state index contributed by atoms with van der Waals surface area (Å²) in [6, 6.07) is 1.36. The first-order valence-corrected chi connectivity index (χ1v) is 4.56. The van der Waals surface area contributed by atoms with E-state index in [1.807, 2.05) is 0 Å². The monoisotopic (exact) mass is 244 g/mol. The summed E-state index contributed by atoms with van der Waals surface area (Å²) in [7, 11) is 0. The van der Waals surface area contributed by atoms with Crippen LogP contribution >= 0.6 is 0 Å². The Balaban J connectivity index is 3.39. The first-order valence-electron chi connectivity index (χ1n) is 4.56. The Morgan fingerprint density at radius 3 is 2.76 bits per heavy atom. The van der Waals surface area contributed by atoms with E-state index in [0.717, 1.165) is 0 Å². The number of carbonyl (C=O) groups excluding carboxylic acids is 1. The molecule has 7 heteroatoms. The molecule has 0 aliphatic heterocycles. The third-order valence-electron chi connectivity index (χ3n) is 1.89. The molecule has 0 amide bonds. The molecule has 0 saturated heterocycles. The molecule has 0 unspecified atom stereocenters. The lowest BCUT2D eigenvalue weighted by Crippen LogP contribution is -2.11. The van der Waals surface area contributed by atoms with Gasteiger partial charge in [-0.1, -0.05) is 0 Å². The number of hydrogen-bond acceptors (Lipinski definition) is 4. The topological polar surface area (TPSA) is 63.0 Å². The number of hydrogen-bond donors (Lipinski definition) is 0. The van der Waals surface area contributed by atoms with Crippen molar-refractivity contribution in [2.24, 2.45) is 0 Å². The minimum Gasteiger partial charge on any atom is -0.462 e. The minimum atomic E-state index is -3.23. The van der Waals surface area contributed by atoms with Crippen LogP contribution in [-0.4, -0.2) is 17.6 Å². The van der Waals surface area contributed by atoms with Crippen LogP contribution in [0.15, 0.2) is 6.20 Å². The molecule has 0 N–H and O–H groups in total. The van der Waals surface area contributed by atoms with Crippen molar-refractivity contribution >= 4 is 5.97 Å². The van der Waals surface area contributed by atoms with Crippen molar-refractivity contribution in [3.05, 3.63) is 28.8 Å². The third-order valence-corrected chi connectivity index (χ3v) is 1.89. The molecular weight excluding hydrogens is 237 g/mol. The fourth-order valence-corrected chi connectivity index (χ4v) is 1.19. The first-order chi connectivity index (χ1) is 8.02. The second-order valence-corrected chi connectivity index (χ2v) is 2.88. The Bertz CT molecular complexity index is 483. The van der Waals surface area contributed by atoms with Gasteiger partial charge in [0.25, 0.3) is 6.43 Å². The van der Waals surface area contributed by atoms with Crippen LogP contribution in [0.4, 0.5) is 13.2 Å². The molecule has 0 atom stereocenters. The third kappa shape index (κ3) is 2.53. The van der Waals surface area contributed by atoms with E-state index in [1.54, 1.807) is 0 Å². The van der Waals surface area contributed by atoms with E-state index in [0.29, 0.717) is 6.20 Å². The lowest BCUT2D eigenvalue weighted by Gasteiger charge is -2.08. The number of ether oxygens (including phenoxy) is 1. The number of halogens is 3. The maximum Gasteiger partial charge on any atom is 0.341 e. The quantitative estimate of drug-likeness (QED) is 0.604. The smallest absolute Gasteiger partial charge is 0.341 e. The number of rotatable bonds is 3. The molecule has 90 valence electrons. The van der Waals surface area contributed by atoms with Gasteiger partial charge in [-0.2, -0.15) is 9.65 Å². The second kappa shape index (κ2) is 5.30. The summed E-state index contributed by atoms with van der Waals surface area (Å²) in [6.45, 7) is 1.51. The molecule has 1 aromatic heterocycles. The Labute approximate surface area is 94.6 Å². The van der Waals surface area contributed by atoms with Gasteiger partial charge >= 0.3 is 5.97 Å². The maximum atomic E-state index is 13.0. The van der Waals surface area contributed by atoms with Gasteiger partial charge < -0.3 is 4.74 Å². The highest BCUT2D eigenvalue weighted by molar-refractivity contribution is 5.92. The average molecular weight is 244 g/mol. The number of nitriles is 1. The fraction of sp³-hybridized carbons (Fsp3) is 0.300. The Morgan fingerprint density at radius 2 is 2.29 bits per heavy atom. The molecule has 0 radical (unpaired) electrons. The van der Waals surface area contributed by atoms with E-state index in [9.17, 15) is 18.0 Å². The molecule has 1 rings (SSSR count). The summed E-state index contributed by atoms with van der Waals surface area (Å²) in [5.74, 6) is -2.46. The van der Waals surface area contributed by atoms with Gasteiger partial charge in [0.1, 0.15) is 6.07 Å². The van der Waals surface area contributed by atoms with E-state index in [-0.39, 0.29) is 6.61 Å². The molecule has 1 heterocycles. The maximum absolute atomic E-state index is 13.0. The molecule has 0 fully saturated rings. The highest BCUT2D eigenvalue weighted by Gasteiger charge is 2.25. The van der Waals surface area contributed by atoms with Crippen molar-refractivity contribution in [1.82, 2.24) is 4.98 Å². The lowest BCUT2D eigenvalue weighted by molar-refractivity contribution is 0.0524. The van der Waals surface area contributed by atoms with E-state index in [4.69, 9.17) is 5.26 Å². The summed E-state index contributed by atoms with van der Waals surface area (Å²) in [5, 5.41) is 8.70. The Hall–Kier alpha value is -2.10. The molecule has 0 saturated carbocycles. The summed E-state index contributed by atoms with van der Waals surface area (Å²) < 4.78 is 42.6. The first kappa shape index (κ1) is 13.0. The molecular formula is C10H7F3N2O2. The van der Waals surface area contributed by atoms with Crippen LogP contribution < -0.4 is 0 Å². The van der Waals surface area contributed by atoms with E-state index in [1.165, 1.54) is 13.0 Å². The van der Waals surface area contributed by atoms with Crippen molar-refractivity contribution in [2.45, 2.75) is 13.3 Å². The molecule has 0 aliphatic rings. The van der Waals surface area contributed by atoms with E-state index >= 15 is 0 Å². The zero-order valence-electron chi connectivity index (χ0n) is 8.71. The summed E-state index contributed by atoms with van der Waals surface area (Å²) in [6.07, 6.45) is -2.52. The predicted octanol–water partition coefficient (Wildman–Crippen LogP) is 2.21. The number of aromatic nitrogens is 1. The van der Waals surface area contributed by atoms with Crippen molar-refractivity contribution in [3.8, 4) is 6.07 Å². The SMILES string of the molecule is CCOC(=O)c1cnc(F)c(C(F)F)c1C#N. The number of nitrogens with zero attached hydrogens (tertiary/aromatic N) is 2. The van der Waals surface area contributed by atoms with E-state index in [2.05, 4.69) is 9.72 Å². The van der Waals surface area contributed by atoms with Gasteiger partial charge in [0, 0.05) is 6.20 Å². The zero-order valence-corrected chi connectivity index (χ0v) is 8.71. The largest absolute Gasteiger partial charge is 0.462 e. The van der Waals surface area contributed by atoms with Crippen molar-refractivity contribution in [3.63, 3.8) is 0 Å². The van der Waals surface area contributed by atoms with Gasteiger partial charge in [-0.15, -0.1) is 0 Å². The van der Waals surface area contributed by atoms with Crippen LogP contribution in [0.25, 0.3) is 0 Å². The van der Waals surface area contributed by atoms with Crippen LogP contribution in [0, 0.1) is 17.3 Å². The van der Waals surface area contributed by atoms with Crippen LogP contribution in [-0.2, 0) is 4.74 Å². The highest BCUT2D eigenvalue weighted by atomic mass is 19.3. The summed E-state index contributed by atoms with van der Waals surface area (Å²) in [4.78, 5) is 14.3. The van der Waals surface area contributed by atoms with Crippen molar-refractivity contribution < 1.29 is 22.7 Å². The standard InChI is InChI=1S/C10H7F3N2O2/c1-2-17-10(16)6-4-15-9(13)7(8(11)12)5(6)3-14/h4,8H,2H2,1H3. The lowest BCUT2D eigenvalue weighted by atomic mass is 10.1. The van der Waals surface area contributed by atoms with Crippen molar-refractivity contribution in [2.75, 3.05) is 6.61 Å². The number of carbonyl (C=O) groups is 1. The number of esters is 1. The predicted molar refractivity (Wildman–Crippen MR) is 49.8 cm³/mol. The molecule has 1 aromatic rings. The Kier molecular flexibility index (Phi) is 4.04. The number of pyridine rings is 1. The highest BCUT2D eigenvalue weighted by Crippen LogP contribution is 2.26. The van der Waals surface area contributed by atoms with Gasteiger partial charge in [0.15, 0.2) is 0 Å². The van der Waals surface area contributed by atoms with Gasteiger partial charge in [-0.3, -0.25) is 0 Å². The van der Waals surface area contributed by atoms with Crippen molar-refractivity contribution in [1.29, 1.82) is 5.26 Å². The van der Waals surface area contributed by atoms with Gasteiger partial charge in [-0.25, -0.2) is 18.6 Å². The van der Waals surface area contributed by atoms with Gasteiger partial charge in [0.05, 0.1) is 23.3 Å². The van der Waals surface area contributed by atoms with Gasteiger partial charge in [-0.05, 0) is 6.92 Å². The number of alkyl halides is 2. The Morgan fingerprint density at radius 1 is 1.65 bits per heavy atom. The summed E-state index contributed by atoms with van der Waals surface area (Å²) in [5.41, 5.74) is -2.39. The van der Waals surface area contributed by atoms with E-state index < -0.39 is 35.0 Å². The average Bonchev–Trinajstić information content (AvgIpc) is 2.27. The van der Waals surface area contributed by atoms with Gasteiger partial charge in [0.2, 0.25) is 5.95 Å². The zero-order chi connectivity index (χ0) is 13.0. The molecule has 0 bridgehead atoms. The summed E-state index contributed by atoms with van der Waals surface area (Å²) >= 11 is 0. The van der Waals surface area contributed by atoms with Crippen LogP contribution in [0.3, 0.4) is 0 Å². The van der Waals surface area contributed by atoms with Crippen LogP contribution in [0.5, 0.6) is 0 Å². The molecule has 0 aliphatic carbocycles. The minimum absolute atomic E-state index is 0.00505. The molecule has 0 spiro atoms. The molecule has 17 heavy (non-hydrogen) atoms. The fourth-order valence-electron chi connectivity index (χ4n) is 1.19. The molecule has 0 aromatic carbocycles.